The summed E-state index contributed by atoms with van der Waals surface area (Å²) in [5, 5.41) is 5.55. The molecule has 6 heteroatoms. The smallest absolute Gasteiger partial charge is 0.410 e. The fourth-order valence-corrected chi connectivity index (χ4v) is 3.58. The maximum atomic E-state index is 12.0. The van der Waals surface area contributed by atoms with Gasteiger partial charge in [-0.05, 0) is 49.2 Å². The summed E-state index contributed by atoms with van der Waals surface area (Å²) in [6.07, 6.45) is 2.81. The molecule has 0 spiro atoms. The highest BCUT2D eigenvalue weighted by Crippen LogP contribution is 2.20. The predicted molar refractivity (Wildman–Crippen MR) is 94.2 cm³/mol. The lowest BCUT2D eigenvalue weighted by Gasteiger charge is -2.29. The Hall–Kier alpha value is -0.850. The minimum Gasteiger partial charge on any atom is -0.444 e. The molecule has 1 aromatic heterocycles. The Kier molecular flexibility index (Phi) is 6.06. The molecule has 2 heterocycles. The van der Waals surface area contributed by atoms with Gasteiger partial charge in [0.15, 0.2) is 0 Å². The van der Waals surface area contributed by atoms with Gasteiger partial charge in [-0.25, -0.2) is 4.79 Å². The van der Waals surface area contributed by atoms with Crippen LogP contribution >= 0.6 is 27.3 Å². The highest BCUT2D eigenvalue weighted by molar-refractivity contribution is 9.10. The van der Waals surface area contributed by atoms with Crippen molar-refractivity contribution in [3.8, 4) is 0 Å². The summed E-state index contributed by atoms with van der Waals surface area (Å²) in [6, 6.07) is 2.14. The SMILES string of the molecule is CC(C)(C)OC(=O)N1CC=C(CNCc2cc(Br)cs2)CC1. The third-order valence-corrected chi connectivity index (χ3v) is 4.93. The van der Waals surface area contributed by atoms with Crippen molar-refractivity contribution >= 4 is 33.4 Å². The molecule has 1 N–H and O–H groups in total. The van der Waals surface area contributed by atoms with E-state index in [0.29, 0.717) is 6.54 Å². The van der Waals surface area contributed by atoms with Crippen molar-refractivity contribution in [3.05, 3.63) is 32.4 Å². The van der Waals surface area contributed by atoms with Gasteiger partial charge in [0.05, 0.1) is 0 Å². The Labute approximate surface area is 144 Å². The van der Waals surface area contributed by atoms with Gasteiger partial charge in [0, 0.05) is 40.9 Å². The second kappa shape index (κ2) is 7.62. The Morgan fingerprint density at radius 3 is 2.77 bits per heavy atom. The van der Waals surface area contributed by atoms with Crippen molar-refractivity contribution in [3.63, 3.8) is 0 Å². The summed E-state index contributed by atoms with van der Waals surface area (Å²) >= 11 is 5.21. The molecule has 0 saturated carbocycles. The van der Waals surface area contributed by atoms with Gasteiger partial charge in [-0.2, -0.15) is 0 Å². The molecule has 2 rings (SSSR count). The Morgan fingerprint density at radius 1 is 1.45 bits per heavy atom. The molecule has 1 aromatic rings. The Balaban J connectivity index is 1.73. The van der Waals surface area contributed by atoms with Crippen LogP contribution in [0.3, 0.4) is 0 Å². The van der Waals surface area contributed by atoms with Crippen molar-refractivity contribution < 1.29 is 9.53 Å². The van der Waals surface area contributed by atoms with Crippen LogP contribution in [-0.2, 0) is 11.3 Å². The lowest BCUT2D eigenvalue weighted by Crippen LogP contribution is -2.39. The molecule has 0 atom stereocenters. The van der Waals surface area contributed by atoms with Crippen molar-refractivity contribution in [2.75, 3.05) is 19.6 Å². The molecule has 0 aromatic carbocycles. The molecule has 0 aliphatic carbocycles. The zero-order valence-electron chi connectivity index (χ0n) is 13.3. The van der Waals surface area contributed by atoms with E-state index in [1.165, 1.54) is 10.5 Å². The van der Waals surface area contributed by atoms with Gasteiger partial charge in [-0.15, -0.1) is 11.3 Å². The molecule has 1 aliphatic rings. The van der Waals surface area contributed by atoms with Crippen LogP contribution < -0.4 is 5.32 Å². The molecule has 1 amide bonds. The Bertz CT molecular complexity index is 549. The number of thiophene rings is 1. The van der Waals surface area contributed by atoms with Crippen molar-refractivity contribution in [2.45, 2.75) is 39.3 Å². The molecule has 4 nitrogen and oxygen atoms in total. The van der Waals surface area contributed by atoms with Crippen molar-refractivity contribution in [1.82, 2.24) is 10.2 Å². The first kappa shape index (κ1) is 17.5. The third kappa shape index (κ3) is 5.74. The zero-order chi connectivity index (χ0) is 16.2. The summed E-state index contributed by atoms with van der Waals surface area (Å²) in [5.74, 6) is 0. The summed E-state index contributed by atoms with van der Waals surface area (Å²) in [4.78, 5) is 15.1. The molecule has 0 bridgehead atoms. The standard InChI is InChI=1S/C16H23BrN2O2S/c1-16(2,3)21-15(20)19-6-4-12(5-7-19)9-18-10-14-8-13(17)11-22-14/h4,8,11,18H,5-7,9-10H2,1-3H3. The molecule has 1 aliphatic heterocycles. The quantitative estimate of drug-likeness (QED) is 0.789. The van der Waals surface area contributed by atoms with Crippen LogP contribution in [0.15, 0.2) is 27.6 Å². The largest absolute Gasteiger partial charge is 0.444 e. The van der Waals surface area contributed by atoms with Crippen LogP contribution in [0.4, 0.5) is 4.79 Å². The lowest BCUT2D eigenvalue weighted by atomic mass is 10.1. The van der Waals surface area contributed by atoms with E-state index in [0.717, 1.165) is 30.5 Å². The van der Waals surface area contributed by atoms with Gasteiger partial charge >= 0.3 is 6.09 Å². The zero-order valence-corrected chi connectivity index (χ0v) is 15.7. The van der Waals surface area contributed by atoms with Gasteiger partial charge < -0.3 is 15.0 Å². The van der Waals surface area contributed by atoms with E-state index in [4.69, 9.17) is 4.74 Å². The van der Waals surface area contributed by atoms with E-state index in [-0.39, 0.29) is 6.09 Å². The van der Waals surface area contributed by atoms with Gasteiger partial charge in [0.1, 0.15) is 5.60 Å². The third-order valence-electron chi connectivity index (χ3n) is 3.23. The molecule has 0 saturated heterocycles. The predicted octanol–water partition coefficient (Wildman–Crippen LogP) is 4.17. The van der Waals surface area contributed by atoms with E-state index >= 15 is 0 Å². The number of ether oxygens (including phenoxy) is 1. The summed E-state index contributed by atoms with van der Waals surface area (Å²) in [7, 11) is 0. The molecular formula is C16H23BrN2O2S. The summed E-state index contributed by atoms with van der Waals surface area (Å²) in [5.41, 5.74) is 0.924. The number of carbonyl (C=O) groups excluding carboxylic acids is 1. The number of amides is 1. The average Bonchev–Trinajstić information content (AvgIpc) is 2.83. The minimum atomic E-state index is -0.433. The minimum absolute atomic E-state index is 0.223. The van der Waals surface area contributed by atoms with Crippen LogP contribution in [0.1, 0.15) is 32.1 Å². The van der Waals surface area contributed by atoms with Crippen molar-refractivity contribution in [2.24, 2.45) is 0 Å². The number of hydrogen-bond acceptors (Lipinski definition) is 4. The maximum Gasteiger partial charge on any atom is 0.410 e. The van der Waals surface area contributed by atoms with Gasteiger partial charge in [-0.1, -0.05) is 11.6 Å². The fraction of sp³-hybridized carbons (Fsp3) is 0.562. The van der Waals surface area contributed by atoms with Crippen molar-refractivity contribution in [1.29, 1.82) is 0 Å². The number of halogens is 1. The topological polar surface area (TPSA) is 41.6 Å². The first-order valence-electron chi connectivity index (χ1n) is 7.43. The monoisotopic (exact) mass is 386 g/mol. The normalized spacial score (nSPS) is 15.6. The average molecular weight is 387 g/mol. The molecule has 22 heavy (non-hydrogen) atoms. The van der Waals surface area contributed by atoms with E-state index in [9.17, 15) is 4.79 Å². The first-order chi connectivity index (χ1) is 10.3. The number of nitrogens with zero attached hydrogens (tertiary/aromatic N) is 1. The highest BCUT2D eigenvalue weighted by atomic mass is 79.9. The highest BCUT2D eigenvalue weighted by Gasteiger charge is 2.23. The van der Waals surface area contributed by atoms with E-state index < -0.39 is 5.60 Å². The number of rotatable bonds is 4. The first-order valence-corrected chi connectivity index (χ1v) is 9.10. The van der Waals surface area contributed by atoms with Gasteiger partial charge in [0.2, 0.25) is 0 Å². The van der Waals surface area contributed by atoms with E-state index in [1.807, 2.05) is 20.8 Å². The van der Waals surface area contributed by atoms with E-state index in [2.05, 4.69) is 38.8 Å². The number of nitrogens with one attached hydrogen (secondary N) is 1. The molecule has 122 valence electrons. The molecular weight excluding hydrogens is 364 g/mol. The van der Waals surface area contributed by atoms with Crippen LogP contribution in [0.2, 0.25) is 0 Å². The summed E-state index contributed by atoms with van der Waals surface area (Å²) < 4.78 is 6.53. The number of carbonyl (C=O) groups is 1. The Morgan fingerprint density at radius 2 is 2.23 bits per heavy atom. The van der Waals surface area contributed by atoms with Gasteiger partial charge in [-0.3, -0.25) is 0 Å². The second-order valence-corrected chi connectivity index (χ2v) is 8.28. The second-order valence-electron chi connectivity index (χ2n) is 6.37. The molecule has 0 fully saturated rings. The molecule has 0 unspecified atom stereocenters. The van der Waals surface area contributed by atoms with Crippen LogP contribution in [0.25, 0.3) is 0 Å². The van der Waals surface area contributed by atoms with Crippen LogP contribution in [0.5, 0.6) is 0 Å². The maximum absolute atomic E-state index is 12.0. The van der Waals surface area contributed by atoms with Crippen LogP contribution in [-0.4, -0.2) is 36.2 Å². The van der Waals surface area contributed by atoms with Gasteiger partial charge in [0.25, 0.3) is 0 Å². The molecule has 0 radical (unpaired) electrons. The number of hydrogen-bond donors (Lipinski definition) is 1. The van der Waals surface area contributed by atoms with E-state index in [1.54, 1.807) is 16.2 Å². The summed E-state index contributed by atoms with van der Waals surface area (Å²) in [6.45, 7) is 8.79. The fourth-order valence-electron chi connectivity index (χ4n) is 2.16. The van der Waals surface area contributed by atoms with Crippen LogP contribution in [0, 0.1) is 0 Å². The lowest BCUT2D eigenvalue weighted by molar-refractivity contribution is 0.0265.